The van der Waals surface area contributed by atoms with Gasteiger partial charge in [0.2, 0.25) is 0 Å². The van der Waals surface area contributed by atoms with Crippen LogP contribution in [0.25, 0.3) is 10.9 Å². The number of rotatable bonds is 4. The number of fused-ring (bicyclic) bond motifs is 3. The van der Waals surface area contributed by atoms with Gasteiger partial charge in [-0.1, -0.05) is 17.7 Å². The summed E-state index contributed by atoms with van der Waals surface area (Å²) in [5, 5.41) is 19.7. The van der Waals surface area contributed by atoms with Gasteiger partial charge in [0, 0.05) is 10.9 Å². The molecule has 0 atom stereocenters. The summed E-state index contributed by atoms with van der Waals surface area (Å²) in [7, 11) is 0. The number of carboxylic acid groups (broad SMARTS) is 2. The Morgan fingerprint density at radius 3 is 2.59 bits per heavy atom. The van der Waals surface area contributed by atoms with Gasteiger partial charge in [-0.2, -0.15) is 0 Å². The first kappa shape index (κ1) is 14.9. The maximum Gasteiger partial charge on any atom is 0.306 e. The van der Waals surface area contributed by atoms with Crippen LogP contribution in [0.4, 0.5) is 0 Å². The van der Waals surface area contributed by atoms with Gasteiger partial charge in [-0.25, -0.2) is 0 Å². The minimum atomic E-state index is -1.40. The van der Waals surface area contributed by atoms with Crippen LogP contribution < -0.4 is 0 Å². The fraction of sp³-hybridized carbons (Fsp3) is 0.333. The quantitative estimate of drug-likeness (QED) is 0.803. The van der Waals surface area contributed by atoms with E-state index in [0.717, 1.165) is 16.5 Å². The molecule has 1 aromatic carbocycles. The first-order valence-electron chi connectivity index (χ1n) is 6.80. The lowest BCUT2D eigenvalue weighted by atomic mass is 9.85. The largest absolute Gasteiger partial charge is 0.481 e. The second-order valence-corrected chi connectivity index (χ2v) is 5.78. The molecule has 0 aliphatic carbocycles. The third kappa shape index (κ3) is 2.34. The molecule has 116 valence electrons. The number of hydrogen-bond acceptors (Lipinski definition) is 3. The van der Waals surface area contributed by atoms with E-state index in [1.807, 2.05) is 6.07 Å². The van der Waals surface area contributed by atoms with Crippen LogP contribution in [-0.2, 0) is 26.3 Å². The number of H-pyrrole nitrogens is 1. The van der Waals surface area contributed by atoms with Gasteiger partial charge in [0.1, 0.15) is 5.60 Å². The summed E-state index contributed by atoms with van der Waals surface area (Å²) >= 11 is 6.25. The molecule has 2 heterocycles. The second-order valence-electron chi connectivity index (χ2n) is 5.37. The van der Waals surface area contributed by atoms with Gasteiger partial charge < -0.3 is 19.9 Å². The molecule has 0 spiro atoms. The number of aliphatic carboxylic acids is 2. The Morgan fingerprint density at radius 1 is 1.27 bits per heavy atom. The molecule has 2 aromatic rings. The molecule has 0 fully saturated rings. The van der Waals surface area contributed by atoms with Crippen LogP contribution in [0.3, 0.4) is 0 Å². The lowest BCUT2D eigenvalue weighted by molar-refractivity contribution is -0.157. The monoisotopic (exact) mass is 323 g/mol. The molecule has 1 aliphatic heterocycles. The van der Waals surface area contributed by atoms with Crippen molar-refractivity contribution in [3.05, 3.63) is 34.5 Å². The SMILES string of the molecule is O=C(O)CC1(CC(=O)O)OCCc2c1[nH]c1cccc(Cl)c21. The Kier molecular flexibility index (Phi) is 3.58. The van der Waals surface area contributed by atoms with E-state index < -0.39 is 30.4 Å². The zero-order chi connectivity index (χ0) is 15.9. The van der Waals surface area contributed by atoms with E-state index in [0.29, 0.717) is 17.1 Å². The maximum absolute atomic E-state index is 11.2. The minimum Gasteiger partial charge on any atom is -0.481 e. The highest BCUT2D eigenvalue weighted by atomic mass is 35.5. The summed E-state index contributed by atoms with van der Waals surface area (Å²) < 4.78 is 5.65. The van der Waals surface area contributed by atoms with Crippen LogP contribution in [0.15, 0.2) is 18.2 Å². The second kappa shape index (κ2) is 5.30. The third-order valence-corrected chi connectivity index (χ3v) is 4.25. The van der Waals surface area contributed by atoms with Gasteiger partial charge in [-0.05, 0) is 24.1 Å². The Hall–Kier alpha value is -2.05. The van der Waals surface area contributed by atoms with Crippen molar-refractivity contribution in [2.75, 3.05) is 6.61 Å². The molecule has 7 heteroatoms. The van der Waals surface area contributed by atoms with Crippen molar-refractivity contribution in [1.82, 2.24) is 4.98 Å². The molecule has 0 radical (unpaired) electrons. The Labute approximate surface area is 130 Å². The van der Waals surface area contributed by atoms with Crippen LogP contribution in [0.5, 0.6) is 0 Å². The van der Waals surface area contributed by atoms with Crippen LogP contribution >= 0.6 is 11.6 Å². The number of hydrogen-bond donors (Lipinski definition) is 3. The molecule has 1 aromatic heterocycles. The lowest BCUT2D eigenvalue weighted by Crippen LogP contribution is -2.39. The molecule has 0 amide bonds. The Morgan fingerprint density at radius 2 is 1.95 bits per heavy atom. The molecule has 6 nitrogen and oxygen atoms in total. The highest BCUT2D eigenvalue weighted by Crippen LogP contribution is 2.43. The van der Waals surface area contributed by atoms with Crippen molar-refractivity contribution < 1.29 is 24.5 Å². The van der Waals surface area contributed by atoms with Crippen LogP contribution in [-0.4, -0.2) is 33.7 Å². The lowest BCUT2D eigenvalue weighted by Gasteiger charge is -2.35. The van der Waals surface area contributed by atoms with E-state index in [1.54, 1.807) is 12.1 Å². The van der Waals surface area contributed by atoms with Gasteiger partial charge in [-0.15, -0.1) is 0 Å². The molecule has 3 rings (SSSR count). The smallest absolute Gasteiger partial charge is 0.306 e. The Bertz CT molecular complexity index is 751. The molecule has 0 bridgehead atoms. The number of nitrogens with one attached hydrogen (secondary N) is 1. The molecular formula is C15H14ClNO5. The van der Waals surface area contributed by atoms with Crippen LogP contribution in [0.2, 0.25) is 5.02 Å². The van der Waals surface area contributed by atoms with Gasteiger partial charge >= 0.3 is 11.9 Å². The fourth-order valence-electron chi connectivity index (χ4n) is 3.16. The van der Waals surface area contributed by atoms with Crippen molar-refractivity contribution in [3.63, 3.8) is 0 Å². The number of halogens is 1. The standard InChI is InChI=1S/C15H14ClNO5/c16-9-2-1-3-10-13(9)8-4-5-22-15(6-11(18)19,7-12(20)21)14(8)17-10/h1-3,17H,4-7H2,(H,18,19)(H,20,21). The summed E-state index contributed by atoms with van der Waals surface area (Å²) in [6, 6.07) is 5.36. The molecule has 1 aliphatic rings. The highest BCUT2D eigenvalue weighted by Gasteiger charge is 2.44. The van der Waals surface area contributed by atoms with Crippen molar-refractivity contribution in [2.24, 2.45) is 0 Å². The molecule has 3 N–H and O–H groups in total. The van der Waals surface area contributed by atoms with Gasteiger partial charge in [0.15, 0.2) is 0 Å². The zero-order valence-electron chi connectivity index (χ0n) is 11.6. The average Bonchev–Trinajstić information content (AvgIpc) is 2.78. The number of benzene rings is 1. The first-order valence-corrected chi connectivity index (χ1v) is 7.18. The topological polar surface area (TPSA) is 99.6 Å². The van der Waals surface area contributed by atoms with E-state index in [9.17, 15) is 19.8 Å². The molecule has 0 saturated carbocycles. The van der Waals surface area contributed by atoms with Crippen molar-refractivity contribution in [2.45, 2.75) is 24.9 Å². The normalized spacial score (nSPS) is 16.4. The van der Waals surface area contributed by atoms with E-state index in [-0.39, 0.29) is 6.61 Å². The minimum absolute atomic E-state index is 0.256. The number of carbonyl (C=O) groups is 2. The molecule has 0 unspecified atom stereocenters. The molecular weight excluding hydrogens is 310 g/mol. The van der Waals surface area contributed by atoms with Crippen molar-refractivity contribution in [3.8, 4) is 0 Å². The van der Waals surface area contributed by atoms with E-state index in [1.165, 1.54) is 0 Å². The number of ether oxygens (including phenoxy) is 1. The van der Waals surface area contributed by atoms with Gasteiger partial charge in [-0.3, -0.25) is 9.59 Å². The van der Waals surface area contributed by atoms with Crippen LogP contribution in [0.1, 0.15) is 24.1 Å². The zero-order valence-corrected chi connectivity index (χ0v) is 12.3. The van der Waals surface area contributed by atoms with E-state index in [4.69, 9.17) is 16.3 Å². The summed E-state index contributed by atoms with van der Waals surface area (Å²) in [5.41, 5.74) is 0.706. The maximum atomic E-state index is 11.2. The van der Waals surface area contributed by atoms with Crippen LogP contribution in [0, 0.1) is 0 Å². The summed E-state index contributed by atoms with van der Waals surface area (Å²) in [4.78, 5) is 25.6. The highest BCUT2D eigenvalue weighted by molar-refractivity contribution is 6.35. The molecule has 0 saturated heterocycles. The van der Waals surface area contributed by atoms with E-state index >= 15 is 0 Å². The predicted molar refractivity (Wildman–Crippen MR) is 79.1 cm³/mol. The number of aromatic nitrogens is 1. The average molecular weight is 324 g/mol. The number of carboxylic acids is 2. The third-order valence-electron chi connectivity index (χ3n) is 3.94. The summed E-state index contributed by atoms with van der Waals surface area (Å²) in [5.74, 6) is -2.22. The van der Waals surface area contributed by atoms with Crippen molar-refractivity contribution in [1.29, 1.82) is 0 Å². The van der Waals surface area contributed by atoms with Gasteiger partial charge in [0.25, 0.3) is 0 Å². The molecule has 22 heavy (non-hydrogen) atoms. The predicted octanol–water partition coefficient (Wildman–Crippen LogP) is 2.54. The summed E-state index contributed by atoms with van der Waals surface area (Å²) in [6.45, 7) is 0.256. The summed E-state index contributed by atoms with van der Waals surface area (Å²) in [6.07, 6.45) is -0.284. The van der Waals surface area contributed by atoms with Gasteiger partial charge in [0.05, 0.1) is 30.2 Å². The first-order chi connectivity index (χ1) is 10.4. The Balaban J connectivity index is 2.24. The number of aromatic amines is 1. The fourth-order valence-corrected chi connectivity index (χ4v) is 3.45. The van der Waals surface area contributed by atoms with Crippen molar-refractivity contribution >= 4 is 34.4 Å². The van der Waals surface area contributed by atoms with E-state index in [2.05, 4.69) is 4.98 Å².